The summed E-state index contributed by atoms with van der Waals surface area (Å²) in [7, 11) is 0. The molecule has 0 bridgehead atoms. The average Bonchev–Trinajstić information content (AvgIpc) is 2.63. The molecule has 8 heteroatoms. The third-order valence-corrected chi connectivity index (χ3v) is 3.46. The van der Waals surface area contributed by atoms with E-state index in [1.165, 1.54) is 24.5 Å². The van der Waals surface area contributed by atoms with Crippen LogP contribution in [0.1, 0.15) is 16.1 Å². The van der Waals surface area contributed by atoms with E-state index in [1.807, 2.05) is 6.92 Å². The molecule has 0 atom stereocenters. The summed E-state index contributed by atoms with van der Waals surface area (Å²) < 4.78 is 5.22. The average molecular weight is 350 g/mol. The fourth-order valence-electron chi connectivity index (χ4n) is 2.24. The Morgan fingerprint density at radius 3 is 2.54 bits per heavy atom. The number of nitro benzene ring substituents is 1. The molecule has 0 unspecified atom stereocenters. The second-order valence-electron chi connectivity index (χ2n) is 5.36. The predicted octanol–water partition coefficient (Wildman–Crippen LogP) is 3.66. The normalized spacial score (nSPS) is 10.2. The number of esters is 1. The third-order valence-electron chi connectivity index (χ3n) is 3.46. The van der Waals surface area contributed by atoms with Gasteiger partial charge in [-0.2, -0.15) is 0 Å². The van der Waals surface area contributed by atoms with Crippen molar-refractivity contribution in [2.45, 2.75) is 6.92 Å². The predicted molar refractivity (Wildman–Crippen MR) is 94.5 cm³/mol. The van der Waals surface area contributed by atoms with Gasteiger partial charge in [0.2, 0.25) is 0 Å². The molecule has 0 amide bonds. The number of aromatic nitrogens is 2. The van der Waals surface area contributed by atoms with Crippen LogP contribution >= 0.6 is 0 Å². The first-order valence-electron chi connectivity index (χ1n) is 7.64. The van der Waals surface area contributed by atoms with Crippen LogP contribution < -0.4 is 10.1 Å². The standard InChI is InChI=1S/C18H14N4O4/c1-12-10-17(20-11-19-12)21-13-6-8-14(9-7-13)26-18(23)15-4-2-3-5-16(15)22(24)25/h2-11H,1H3,(H,19,20,21). The van der Waals surface area contributed by atoms with E-state index in [1.54, 1.807) is 36.4 Å². The van der Waals surface area contributed by atoms with Gasteiger partial charge in [-0.25, -0.2) is 14.8 Å². The van der Waals surface area contributed by atoms with E-state index >= 15 is 0 Å². The monoisotopic (exact) mass is 350 g/mol. The van der Waals surface area contributed by atoms with Crippen molar-refractivity contribution in [3.63, 3.8) is 0 Å². The maximum atomic E-state index is 12.2. The van der Waals surface area contributed by atoms with E-state index in [0.717, 1.165) is 11.4 Å². The van der Waals surface area contributed by atoms with Crippen molar-refractivity contribution >= 4 is 23.2 Å². The Kier molecular flexibility index (Phi) is 4.84. The molecule has 0 radical (unpaired) electrons. The van der Waals surface area contributed by atoms with Crippen LogP contribution in [0.5, 0.6) is 5.75 Å². The van der Waals surface area contributed by atoms with E-state index in [2.05, 4.69) is 15.3 Å². The molecule has 0 aliphatic rings. The SMILES string of the molecule is Cc1cc(Nc2ccc(OC(=O)c3ccccc3[N+](=O)[O-])cc2)ncn1. The Morgan fingerprint density at radius 1 is 1.12 bits per heavy atom. The smallest absolute Gasteiger partial charge is 0.350 e. The van der Waals surface area contributed by atoms with Gasteiger partial charge in [-0.05, 0) is 37.3 Å². The topological polar surface area (TPSA) is 107 Å². The summed E-state index contributed by atoms with van der Waals surface area (Å²) in [4.78, 5) is 30.7. The summed E-state index contributed by atoms with van der Waals surface area (Å²) in [6.45, 7) is 1.86. The molecule has 1 N–H and O–H groups in total. The van der Waals surface area contributed by atoms with Gasteiger partial charge in [0.15, 0.2) is 0 Å². The number of para-hydroxylation sites is 1. The molecule has 8 nitrogen and oxygen atoms in total. The van der Waals surface area contributed by atoms with Gasteiger partial charge in [0, 0.05) is 23.5 Å². The number of hydrogen-bond donors (Lipinski definition) is 1. The van der Waals surface area contributed by atoms with Crippen molar-refractivity contribution in [3.8, 4) is 5.75 Å². The van der Waals surface area contributed by atoms with Gasteiger partial charge in [0.25, 0.3) is 5.69 Å². The lowest BCUT2D eigenvalue weighted by Crippen LogP contribution is -2.11. The molecular formula is C18H14N4O4. The number of carbonyl (C=O) groups excluding carboxylic acids is 1. The first kappa shape index (κ1) is 17.0. The Hall–Kier alpha value is -3.81. The lowest BCUT2D eigenvalue weighted by atomic mass is 10.2. The number of nitrogens with one attached hydrogen (secondary N) is 1. The van der Waals surface area contributed by atoms with Crippen LogP contribution in [0.2, 0.25) is 0 Å². The second-order valence-corrected chi connectivity index (χ2v) is 5.36. The first-order chi connectivity index (χ1) is 12.5. The molecule has 0 saturated carbocycles. The Balaban J connectivity index is 1.71. The summed E-state index contributed by atoms with van der Waals surface area (Å²) in [6, 6.07) is 14.0. The Morgan fingerprint density at radius 2 is 1.85 bits per heavy atom. The fourth-order valence-corrected chi connectivity index (χ4v) is 2.24. The molecule has 3 rings (SSSR count). The van der Waals surface area contributed by atoms with Gasteiger partial charge in [-0.15, -0.1) is 0 Å². The molecule has 0 aliphatic heterocycles. The lowest BCUT2D eigenvalue weighted by molar-refractivity contribution is -0.385. The van der Waals surface area contributed by atoms with Crippen LogP contribution in [0, 0.1) is 17.0 Å². The van der Waals surface area contributed by atoms with Gasteiger partial charge < -0.3 is 10.1 Å². The number of anilines is 2. The summed E-state index contributed by atoms with van der Waals surface area (Å²) in [5.41, 5.74) is 1.18. The van der Waals surface area contributed by atoms with Gasteiger partial charge in [-0.3, -0.25) is 10.1 Å². The minimum absolute atomic E-state index is 0.101. The molecule has 0 fully saturated rings. The summed E-state index contributed by atoms with van der Waals surface area (Å²) in [5, 5.41) is 14.1. The molecule has 26 heavy (non-hydrogen) atoms. The number of rotatable bonds is 5. The quantitative estimate of drug-likeness (QED) is 0.324. The van der Waals surface area contributed by atoms with Crippen molar-refractivity contribution in [2.24, 2.45) is 0 Å². The van der Waals surface area contributed by atoms with Crippen LogP contribution in [-0.2, 0) is 0 Å². The minimum Gasteiger partial charge on any atom is -0.423 e. The first-order valence-corrected chi connectivity index (χ1v) is 7.64. The Bertz CT molecular complexity index is 957. The zero-order chi connectivity index (χ0) is 18.5. The van der Waals surface area contributed by atoms with E-state index < -0.39 is 10.9 Å². The highest BCUT2D eigenvalue weighted by molar-refractivity contribution is 5.95. The van der Waals surface area contributed by atoms with Crippen LogP contribution in [0.25, 0.3) is 0 Å². The van der Waals surface area contributed by atoms with Crippen LogP contribution in [-0.4, -0.2) is 20.9 Å². The molecule has 1 heterocycles. The van der Waals surface area contributed by atoms with Gasteiger partial charge in [0.05, 0.1) is 4.92 Å². The summed E-state index contributed by atoms with van der Waals surface area (Å²) >= 11 is 0. The second kappa shape index (κ2) is 7.39. The van der Waals surface area contributed by atoms with Crippen molar-refractivity contribution in [1.82, 2.24) is 9.97 Å². The minimum atomic E-state index is -0.788. The highest BCUT2D eigenvalue weighted by Crippen LogP contribution is 2.22. The van der Waals surface area contributed by atoms with E-state index in [9.17, 15) is 14.9 Å². The van der Waals surface area contributed by atoms with Crippen LogP contribution in [0.3, 0.4) is 0 Å². The molecular weight excluding hydrogens is 336 g/mol. The summed E-state index contributed by atoms with van der Waals surface area (Å²) in [5.74, 6) is 0.129. The number of carbonyl (C=O) groups is 1. The van der Waals surface area contributed by atoms with Crippen molar-refractivity contribution in [2.75, 3.05) is 5.32 Å². The highest BCUT2D eigenvalue weighted by Gasteiger charge is 2.20. The molecule has 2 aromatic carbocycles. The van der Waals surface area contributed by atoms with Crippen molar-refractivity contribution in [1.29, 1.82) is 0 Å². The van der Waals surface area contributed by atoms with E-state index in [0.29, 0.717) is 5.82 Å². The maximum Gasteiger partial charge on any atom is 0.350 e. The number of hydrogen-bond acceptors (Lipinski definition) is 7. The largest absolute Gasteiger partial charge is 0.423 e. The van der Waals surface area contributed by atoms with Gasteiger partial charge in [-0.1, -0.05) is 12.1 Å². The Labute approximate surface area is 148 Å². The number of aryl methyl sites for hydroxylation is 1. The van der Waals surface area contributed by atoms with Gasteiger partial charge >= 0.3 is 5.97 Å². The number of benzene rings is 2. The van der Waals surface area contributed by atoms with Crippen LogP contribution in [0.4, 0.5) is 17.2 Å². The molecule has 0 spiro atoms. The summed E-state index contributed by atoms with van der Waals surface area (Å²) in [6.07, 6.45) is 1.46. The van der Waals surface area contributed by atoms with E-state index in [-0.39, 0.29) is 17.0 Å². The lowest BCUT2D eigenvalue weighted by Gasteiger charge is -2.08. The number of nitrogens with zero attached hydrogens (tertiary/aromatic N) is 3. The number of ether oxygens (including phenoxy) is 1. The van der Waals surface area contributed by atoms with Crippen LogP contribution in [0.15, 0.2) is 60.9 Å². The highest BCUT2D eigenvalue weighted by atomic mass is 16.6. The zero-order valence-corrected chi connectivity index (χ0v) is 13.7. The molecule has 0 aliphatic carbocycles. The third kappa shape index (κ3) is 3.99. The fraction of sp³-hybridized carbons (Fsp3) is 0.0556. The van der Waals surface area contributed by atoms with Crippen molar-refractivity contribution in [3.05, 3.63) is 82.3 Å². The van der Waals surface area contributed by atoms with Gasteiger partial charge in [0.1, 0.15) is 23.5 Å². The molecule has 3 aromatic rings. The molecule has 1 aromatic heterocycles. The molecule has 0 saturated heterocycles. The zero-order valence-electron chi connectivity index (χ0n) is 13.7. The van der Waals surface area contributed by atoms with Crippen molar-refractivity contribution < 1.29 is 14.5 Å². The maximum absolute atomic E-state index is 12.2. The van der Waals surface area contributed by atoms with E-state index in [4.69, 9.17) is 4.74 Å². The molecule has 130 valence electrons. The number of nitro groups is 1.